The van der Waals surface area contributed by atoms with Gasteiger partial charge in [0, 0.05) is 24.2 Å². The summed E-state index contributed by atoms with van der Waals surface area (Å²) in [6.07, 6.45) is 0.898. The number of aliphatic hydroxyl groups is 1. The van der Waals surface area contributed by atoms with E-state index in [9.17, 15) is 9.50 Å². The smallest absolute Gasteiger partial charge is 0.125 e. The summed E-state index contributed by atoms with van der Waals surface area (Å²) in [7, 11) is 0. The molecule has 1 unspecified atom stereocenters. The molecule has 0 aliphatic carbocycles. The molecule has 1 rings (SSSR count). The first-order valence-corrected chi connectivity index (χ1v) is 6.16. The van der Waals surface area contributed by atoms with E-state index in [0.29, 0.717) is 0 Å². The van der Waals surface area contributed by atoms with Crippen LogP contribution in [0.4, 0.5) is 10.1 Å². The second-order valence-corrected chi connectivity index (χ2v) is 4.82. The predicted molar refractivity (Wildman–Crippen MR) is 69.8 cm³/mol. The maximum atomic E-state index is 13.2. The van der Waals surface area contributed by atoms with Crippen molar-refractivity contribution in [1.29, 1.82) is 0 Å². The van der Waals surface area contributed by atoms with E-state index in [1.807, 2.05) is 13.0 Å². The van der Waals surface area contributed by atoms with Crippen molar-refractivity contribution in [2.24, 2.45) is 5.41 Å². The van der Waals surface area contributed by atoms with Crippen molar-refractivity contribution in [1.82, 2.24) is 0 Å². The van der Waals surface area contributed by atoms with Crippen LogP contribution in [0.1, 0.15) is 27.2 Å². The van der Waals surface area contributed by atoms with Gasteiger partial charge in [0.05, 0.1) is 6.61 Å². The first-order chi connectivity index (χ1) is 8.04. The van der Waals surface area contributed by atoms with E-state index in [1.54, 1.807) is 6.07 Å². The number of aliphatic hydroxyl groups excluding tert-OH is 1. The van der Waals surface area contributed by atoms with Crippen molar-refractivity contribution in [2.45, 2.75) is 27.2 Å². The zero-order valence-corrected chi connectivity index (χ0v) is 10.9. The molecule has 0 aliphatic rings. The van der Waals surface area contributed by atoms with Gasteiger partial charge in [0.25, 0.3) is 0 Å². The van der Waals surface area contributed by atoms with E-state index in [2.05, 4.69) is 18.7 Å². The summed E-state index contributed by atoms with van der Waals surface area (Å²) in [5.41, 5.74) is 0.739. The van der Waals surface area contributed by atoms with Gasteiger partial charge in [-0.3, -0.25) is 0 Å². The first kappa shape index (κ1) is 14.0. The average Bonchev–Trinajstić information content (AvgIpc) is 2.35. The van der Waals surface area contributed by atoms with Gasteiger partial charge >= 0.3 is 0 Å². The van der Waals surface area contributed by atoms with Crippen LogP contribution in [0.3, 0.4) is 0 Å². The minimum Gasteiger partial charge on any atom is -0.396 e. The second kappa shape index (κ2) is 6.01. The highest BCUT2D eigenvalue weighted by Crippen LogP contribution is 2.25. The van der Waals surface area contributed by atoms with Gasteiger partial charge in [-0.2, -0.15) is 0 Å². The van der Waals surface area contributed by atoms with Crippen LogP contribution in [-0.4, -0.2) is 24.8 Å². The van der Waals surface area contributed by atoms with Crippen LogP contribution in [0.25, 0.3) is 0 Å². The average molecular weight is 239 g/mol. The summed E-state index contributed by atoms with van der Waals surface area (Å²) in [5.74, 6) is -0.219. The summed E-state index contributed by atoms with van der Waals surface area (Å²) in [6, 6.07) is 6.61. The Morgan fingerprint density at radius 3 is 2.53 bits per heavy atom. The molecule has 0 saturated carbocycles. The molecule has 0 heterocycles. The predicted octanol–water partition coefficient (Wildman–Crippen LogP) is 3.06. The Morgan fingerprint density at radius 2 is 2.06 bits per heavy atom. The normalized spacial score (nSPS) is 14.4. The maximum Gasteiger partial charge on any atom is 0.125 e. The summed E-state index contributed by atoms with van der Waals surface area (Å²) < 4.78 is 13.2. The highest BCUT2D eigenvalue weighted by atomic mass is 19.1. The van der Waals surface area contributed by atoms with Crippen LogP contribution in [-0.2, 0) is 0 Å². The molecule has 3 heteroatoms. The first-order valence-electron chi connectivity index (χ1n) is 6.16. The van der Waals surface area contributed by atoms with Crippen molar-refractivity contribution in [2.75, 3.05) is 24.6 Å². The molecule has 0 bridgehead atoms. The fourth-order valence-electron chi connectivity index (χ4n) is 1.79. The highest BCUT2D eigenvalue weighted by Gasteiger charge is 2.24. The lowest BCUT2D eigenvalue weighted by Crippen LogP contribution is -2.38. The molecular formula is C14H22FNO. The zero-order valence-electron chi connectivity index (χ0n) is 10.9. The highest BCUT2D eigenvalue weighted by molar-refractivity contribution is 5.46. The molecule has 96 valence electrons. The summed E-state index contributed by atoms with van der Waals surface area (Å²) in [6.45, 7) is 7.84. The van der Waals surface area contributed by atoms with Crippen molar-refractivity contribution in [3.05, 3.63) is 30.1 Å². The molecule has 1 N–H and O–H groups in total. The van der Waals surface area contributed by atoms with Gasteiger partial charge in [-0.15, -0.1) is 0 Å². The van der Waals surface area contributed by atoms with Gasteiger partial charge in [-0.05, 0) is 31.5 Å². The Kier molecular flexibility index (Phi) is 4.94. The summed E-state index contributed by atoms with van der Waals surface area (Å²) >= 11 is 0. The van der Waals surface area contributed by atoms with E-state index in [1.165, 1.54) is 12.1 Å². The van der Waals surface area contributed by atoms with E-state index in [0.717, 1.165) is 25.2 Å². The third-order valence-electron chi connectivity index (χ3n) is 3.36. The van der Waals surface area contributed by atoms with Gasteiger partial charge in [0.15, 0.2) is 0 Å². The molecule has 0 radical (unpaired) electrons. The van der Waals surface area contributed by atoms with E-state index in [-0.39, 0.29) is 17.8 Å². The van der Waals surface area contributed by atoms with Crippen LogP contribution in [0.2, 0.25) is 0 Å². The second-order valence-electron chi connectivity index (χ2n) is 4.82. The third-order valence-corrected chi connectivity index (χ3v) is 3.36. The largest absolute Gasteiger partial charge is 0.396 e. The summed E-state index contributed by atoms with van der Waals surface area (Å²) in [5, 5.41) is 9.43. The van der Waals surface area contributed by atoms with Crippen molar-refractivity contribution >= 4 is 5.69 Å². The lowest BCUT2D eigenvalue weighted by atomic mass is 9.88. The van der Waals surface area contributed by atoms with Crippen molar-refractivity contribution in [3.8, 4) is 0 Å². The maximum absolute atomic E-state index is 13.2. The van der Waals surface area contributed by atoms with Crippen LogP contribution in [0, 0.1) is 11.2 Å². The Labute approximate surface area is 103 Å². The number of anilines is 1. The van der Waals surface area contributed by atoms with E-state index < -0.39 is 0 Å². The quantitative estimate of drug-likeness (QED) is 0.824. The minimum atomic E-state index is -0.219. The fourth-order valence-corrected chi connectivity index (χ4v) is 1.79. The number of rotatable bonds is 6. The van der Waals surface area contributed by atoms with Gasteiger partial charge in [0.2, 0.25) is 0 Å². The molecule has 0 fully saturated rings. The molecule has 0 amide bonds. The SMILES string of the molecule is CCN(CC(C)(CC)CO)c1cccc(F)c1. The lowest BCUT2D eigenvalue weighted by molar-refractivity contribution is 0.143. The Balaban J connectivity index is 2.85. The van der Waals surface area contributed by atoms with E-state index in [4.69, 9.17) is 0 Å². The lowest BCUT2D eigenvalue weighted by Gasteiger charge is -2.34. The molecule has 0 aromatic heterocycles. The van der Waals surface area contributed by atoms with Crippen LogP contribution < -0.4 is 4.90 Å². The Hall–Kier alpha value is -1.09. The molecular weight excluding hydrogens is 217 g/mol. The minimum absolute atomic E-state index is 0.137. The molecule has 0 aliphatic heterocycles. The number of halogens is 1. The van der Waals surface area contributed by atoms with Crippen LogP contribution in [0.5, 0.6) is 0 Å². The van der Waals surface area contributed by atoms with Crippen LogP contribution >= 0.6 is 0 Å². The summed E-state index contributed by atoms with van der Waals surface area (Å²) in [4.78, 5) is 2.10. The third kappa shape index (κ3) is 3.70. The molecule has 1 atom stereocenters. The van der Waals surface area contributed by atoms with Crippen molar-refractivity contribution in [3.63, 3.8) is 0 Å². The number of benzene rings is 1. The molecule has 1 aromatic rings. The monoisotopic (exact) mass is 239 g/mol. The molecule has 17 heavy (non-hydrogen) atoms. The Morgan fingerprint density at radius 1 is 1.35 bits per heavy atom. The van der Waals surface area contributed by atoms with Crippen molar-refractivity contribution < 1.29 is 9.50 Å². The van der Waals surface area contributed by atoms with Gasteiger partial charge < -0.3 is 10.0 Å². The zero-order chi connectivity index (χ0) is 12.9. The van der Waals surface area contributed by atoms with Crippen LogP contribution in [0.15, 0.2) is 24.3 Å². The Bertz CT molecular complexity index is 350. The number of hydrogen-bond acceptors (Lipinski definition) is 2. The van der Waals surface area contributed by atoms with E-state index >= 15 is 0 Å². The number of hydrogen-bond donors (Lipinski definition) is 1. The molecule has 0 spiro atoms. The fraction of sp³-hybridized carbons (Fsp3) is 0.571. The van der Waals surface area contributed by atoms with Gasteiger partial charge in [-0.25, -0.2) is 4.39 Å². The molecule has 0 saturated heterocycles. The topological polar surface area (TPSA) is 23.5 Å². The van der Waals surface area contributed by atoms with Gasteiger partial charge in [0.1, 0.15) is 5.82 Å². The standard InChI is InChI=1S/C14H22FNO/c1-4-14(3,11-17)10-16(5-2)13-8-6-7-12(15)9-13/h6-9,17H,4-5,10-11H2,1-3H3. The molecule has 2 nitrogen and oxygen atoms in total. The van der Waals surface area contributed by atoms with Gasteiger partial charge in [-0.1, -0.05) is 19.9 Å². The molecule has 1 aromatic carbocycles. The number of nitrogens with zero attached hydrogens (tertiary/aromatic N) is 1.